The standard InChI is InChI=1S/C12H15BrN4OS/c1-12(2,3)11-15-9(16-17-11)10(18)14-6-7-4-5-8(13)19-7/h4-5H,6H2,1-3H3,(H,14,18)(H,15,16,17). The molecule has 2 aromatic rings. The first-order valence-electron chi connectivity index (χ1n) is 5.81. The predicted molar refractivity (Wildman–Crippen MR) is 78.3 cm³/mol. The fourth-order valence-corrected chi connectivity index (χ4v) is 2.81. The predicted octanol–water partition coefficient (Wildman–Crippen LogP) is 2.86. The van der Waals surface area contributed by atoms with Gasteiger partial charge in [-0.2, -0.15) is 0 Å². The van der Waals surface area contributed by atoms with Gasteiger partial charge in [0.1, 0.15) is 5.82 Å². The van der Waals surface area contributed by atoms with E-state index in [1.165, 1.54) is 0 Å². The van der Waals surface area contributed by atoms with E-state index in [4.69, 9.17) is 0 Å². The Morgan fingerprint density at radius 2 is 2.21 bits per heavy atom. The number of rotatable bonds is 3. The number of carbonyl (C=O) groups excluding carboxylic acids is 1. The molecular formula is C12H15BrN4OS. The van der Waals surface area contributed by atoms with Crippen molar-refractivity contribution in [2.24, 2.45) is 0 Å². The molecule has 102 valence electrons. The highest BCUT2D eigenvalue weighted by atomic mass is 79.9. The normalized spacial score (nSPS) is 11.6. The van der Waals surface area contributed by atoms with Crippen molar-refractivity contribution in [2.45, 2.75) is 32.7 Å². The van der Waals surface area contributed by atoms with E-state index < -0.39 is 0 Å². The molecule has 0 unspecified atom stereocenters. The fourth-order valence-electron chi connectivity index (χ4n) is 1.39. The summed E-state index contributed by atoms with van der Waals surface area (Å²) in [7, 11) is 0. The largest absolute Gasteiger partial charge is 0.344 e. The molecular weight excluding hydrogens is 328 g/mol. The Morgan fingerprint density at radius 1 is 1.47 bits per heavy atom. The summed E-state index contributed by atoms with van der Waals surface area (Å²) in [6.45, 7) is 6.52. The third-order valence-electron chi connectivity index (χ3n) is 2.45. The minimum Gasteiger partial charge on any atom is -0.344 e. The van der Waals surface area contributed by atoms with Crippen LogP contribution in [-0.2, 0) is 12.0 Å². The van der Waals surface area contributed by atoms with Crippen LogP contribution in [0.25, 0.3) is 0 Å². The van der Waals surface area contributed by atoms with Crippen LogP contribution in [0.5, 0.6) is 0 Å². The van der Waals surface area contributed by atoms with Crippen molar-refractivity contribution in [2.75, 3.05) is 0 Å². The summed E-state index contributed by atoms with van der Waals surface area (Å²) in [6, 6.07) is 3.92. The van der Waals surface area contributed by atoms with Crippen LogP contribution in [0.4, 0.5) is 0 Å². The van der Waals surface area contributed by atoms with Crippen LogP contribution >= 0.6 is 27.3 Å². The third kappa shape index (κ3) is 3.63. The first-order valence-corrected chi connectivity index (χ1v) is 7.42. The molecule has 19 heavy (non-hydrogen) atoms. The zero-order valence-electron chi connectivity index (χ0n) is 11.0. The Labute approximate surface area is 124 Å². The zero-order chi connectivity index (χ0) is 14.0. The van der Waals surface area contributed by atoms with E-state index in [0.29, 0.717) is 12.4 Å². The molecule has 0 spiro atoms. The second kappa shape index (κ2) is 5.42. The van der Waals surface area contributed by atoms with Gasteiger partial charge in [0, 0.05) is 10.3 Å². The Balaban J connectivity index is 1.98. The van der Waals surface area contributed by atoms with Gasteiger partial charge < -0.3 is 5.32 Å². The molecule has 5 nitrogen and oxygen atoms in total. The number of nitrogens with one attached hydrogen (secondary N) is 2. The van der Waals surface area contributed by atoms with Crippen molar-refractivity contribution in [1.82, 2.24) is 20.5 Å². The number of H-pyrrole nitrogens is 1. The van der Waals surface area contributed by atoms with E-state index in [1.807, 2.05) is 32.9 Å². The average molecular weight is 343 g/mol. The molecule has 0 atom stereocenters. The van der Waals surface area contributed by atoms with Gasteiger partial charge in [0.25, 0.3) is 5.91 Å². The third-order valence-corrected chi connectivity index (χ3v) is 4.07. The van der Waals surface area contributed by atoms with E-state index in [-0.39, 0.29) is 17.1 Å². The number of nitrogens with zero attached hydrogens (tertiary/aromatic N) is 2. The van der Waals surface area contributed by atoms with Gasteiger partial charge in [0.15, 0.2) is 0 Å². The molecule has 1 amide bonds. The van der Waals surface area contributed by atoms with Gasteiger partial charge in [0.05, 0.1) is 10.3 Å². The van der Waals surface area contributed by atoms with Crippen molar-refractivity contribution < 1.29 is 4.79 Å². The molecule has 0 aliphatic carbocycles. The van der Waals surface area contributed by atoms with Crippen molar-refractivity contribution in [3.05, 3.63) is 32.4 Å². The topological polar surface area (TPSA) is 70.7 Å². The van der Waals surface area contributed by atoms with Crippen molar-refractivity contribution in [3.8, 4) is 0 Å². The molecule has 0 aliphatic rings. The van der Waals surface area contributed by atoms with Gasteiger partial charge >= 0.3 is 0 Å². The summed E-state index contributed by atoms with van der Waals surface area (Å²) in [5, 5.41) is 9.55. The number of aromatic nitrogens is 3. The Morgan fingerprint density at radius 3 is 2.74 bits per heavy atom. The van der Waals surface area contributed by atoms with Crippen LogP contribution in [0.15, 0.2) is 15.9 Å². The maximum atomic E-state index is 11.9. The molecule has 2 rings (SSSR count). The summed E-state index contributed by atoms with van der Waals surface area (Å²) in [5.41, 5.74) is -0.149. The molecule has 2 N–H and O–H groups in total. The minimum atomic E-state index is -0.267. The lowest BCUT2D eigenvalue weighted by Gasteiger charge is -2.12. The summed E-state index contributed by atoms with van der Waals surface area (Å²) in [4.78, 5) is 17.2. The molecule has 7 heteroatoms. The van der Waals surface area contributed by atoms with Gasteiger partial charge in [-0.3, -0.25) is 9.89 Å². The maximum absolute atomic E-state index is 11.9. The van der Waals surface area contributed by atoms with Gasteiger partial charge in [0.2, 0.25) is 5.82 Å². The van der Waals surface area contributed by atoms with E-state index in [9.17, 15) is 4.79 Å². The minimum absolute atomic E-state index is 0.149. The molecule has 0 fully saturated rings. The van der Waals surface area contributed by atoms with Gasteiger partial charge in [-0.25, -0.2) is 4.98 Å². The fraction of sp³-hybridized carbons (Fsp3) is 0.417. The van der Waals surface area contributed by atoms with Crippen LogP contribution in [0.3, 0.4) is 0 Å². The average Bonchev–Trinajstić information content (AvgIpc) is 2.93. The second-order valence-electron chi connectivity index (χ2n) is 5.15. The van der Waals surface area contributed by atoms with Crippen LogP contribution in [-0.4, -0.2) is 21.1 Å². The first-order chi connectivity index (χ1) is 8.86. The van der Waals surface area contributed by atoms with Crippen LogP contribution in [0.2, 0.25) is 0 Å². The van der Waals surface area contributed by atoms with E-state index in [2.05, 4.69) is 36.4 Å². The van der Waals surface area contributed by atoms with E-state index in [1.54, 1.807) is 11.3 Å². The number of halogens is 1. The maximum Gasteiger partial charge on any atom is 0.291 e. The number of hydrogen-bond donors (Lipinski definition) is 2. The van der Waals surface area contributed by atoms with Gasteiger partial charge in [-0.15, -0.1) is 16.4 Å². The highest BCUT2D eigenvalue weighted by molar-refractivity contribution is 9.11. The number of thiophene rings is 1. The van der Waals surface area contributed by atoms with Crippen molar-refractivity contribution in [3.63, 3.8) is 0 Å². The Bertz CT molecular complexity index is 585. The Kier molecular flexibility index (Phi) is 4.05. The lowest BCUT2D eigenvalue weighted by Crippen LogP contribution is -2.23. The van der Waals surface area contributed by atoms with Crippen LogP contribution in [0.1, 0.15) is 42.1 Å². The highest BCUT2D eigenvalue weighted by Gasteiger charge is 2.21. The molecule has 0 saturated carbocycles. The zero-order valence-corrected chi connectivity index (χ0v) is 13.4. The lowest BCUT2D eigenvalue weighted by atomic mass is 9.96. The Hall–Kier alpha value is -1.21. The summed E-state index contributed by atoms with van der Waals surface area (Å²) in [5.74, 6) is 0.619. The molecule has 0 aliphatic heterocycles. The summed E-state index contributed by atoms with van der Waals surface area (Å²) in [6.07, 6.45) is 0. The molecule has 2 heterocycles. The molecule has 0 bridgehead atoms. The smallest absolute Gasteiger partial charge is 0.291 e. The number of aromatic amines is 1. The van der Waals surface area contributed by atoms with Crippen LogP contribution in [0, 0.1) is 0 Å². The quantitative estimate of drug-likeness (QED) is 0.900. The van der Waals surface area contributed by atoms with Gasteiger partial charge in [-0.1, -0.05) is 20.8 Å². The monoisotopic (exact) mass is 342 g/mol. The SMILES string of the molecule is CC(C)(C)c1nc(C(=O)NCc2ccc(Br)s2)n[nH]1. The number of carbonyl (C=O) groups is 1. The second-order valence-corrected chi connectivity index (χ2v) is 7.69. The molecule has 2 aromatic heterocycles. The number of amides is 1. The van der Waals surface area contributed by atoms with E-state index >= 15 is 0 Å². The first kappa shape index (κ1) is 14.2. The number of hydrogen-bond acceptors (Lipinski definition) is 4. The van der Waals surface area contributed by atoms with E-state index in [0.717, 1.165) is 8.66 Å². The summed E-state index contributed by atoms with van der Waals surface area (Å²) < 4.78 is 1.05. The lowest BCUT2D eigenvalue weighted by molar-refractivity contribution is 0.0941. The highest BCUT2D eigenvalue weighted by Crippen LogP contribution is 2.22. The van der Waals surface area contributed by atoms with Crippen LogP contribution < -0.4 is 5.32 Å². The molecule has 0 aromatic carbocycles. The van der Waals surface area contributed by atoms with Crippen molar-refractivity contribution in [1.29, 1.82) is 0 Å². The van der Waals surface area contributed by atoms with Crippen molar-refractivity contribution >= 4 is 33.2 Å². The van der Waals surface area contributed by atoms with Gasteiger partial charge in [-0.05, 0) is 28.1 Å². The molecule has 0 saturated heterocycles. The molecule has 0 radical (unpaired) electrons. The summed E-state index contributed by atoms with van der Waals surface area (Å²) >= 11 is 4.97.